The van der Waals surface area contributed by atoms with Crippen LogP contribution in [0.4, 0.5) is 11.4 Å². The van der Waals surface area contributed by atoms with E-state index in [0.29, 0.717) is 12.0 Å². The van der Waals surface area contributed by atoms with E-state index >= 15 is 0 Å². The summed E-state index contributed by atoms with van der Waals surface area (Å²) < 4.78 is 0. The van der Waals surface area contributed by atoms with Gasteiger partial charge in [-0.1, -0.05) is 18.2 Å². The van der Waals surface area contributed by atoms with Crippen LogP contribution in [-0.4, -0.2) is 31.4 Å². The van der Waals surface area contributed by atoms with Gasteiger partial charge in [0.25, 0.3) is 5.91 Å². The first-order valence-electron chi connectivity index (χ1n) is 10.7. The van der Waals surface area contributed by atoms with Crippen molar-refractivity contribution in [2.75, 3.05) is 29.4 Å². The minimum atomic E-state index is -0.119. The molecule has 4 rings (SSSR count). The molecule has 0 aromatic heterocycles. The van der Waals surface area contributed by atoms with Gasteiger partial charge >= 0.3 is 0 Å². The van der Waals surface area contributed by atoms with Crippen molar-refractivity contribution in [3.8, 4) is 0 Å². The fraction of sp³-hybridized carbons (Fsp3) is 0.417. The Bertz CT molecular complexity index is 872. The van der Waals surface area contributed by atoms with Crippen LogP contribution in [0.15, 0.2) is 48.5 Å². The summed E-state index contributed by atoms with van der Waals surface area (Å²) in [6.07, 6.45) is 5.30. The van der Waals surface area contributed by atoms with Crippen molar-refractivity contribution >= 4 is 23.2 Å². The van der Waals surface area contributed by atoms with E-state index in [-0.39, 0.29) is 17.9 Å². The molecule has 0 saturated carbocycles. The lowest BCUT2D eigenvalue weighted by molar-refractivity contribution is -0.117. The molecule has 2 amide bonds. The number of amides is 2. The van der Waals surface area contributed by atoms with E-state index in [1.807, 2.05) is 25.1 Å². The number of anilines is 2. The maximum atomic E-state index is 12.8. The minimum absolute atomic E-state index is 0.0880. The van der Waals surface area contributed by atoms with Crippen LogP contribution in [0.5, 0.6) is 0 Å². The highest BCUT2D eigenvalue weighted by molar-refractivity contribution is 5.99. The van der Waals surface area contributed by atoms with Gasteiger partial charge in [-0.25, -0.2) is 0 Å². The summed E-state index contributed by atoms with van der Waals surface area (Å²) in [4.78, 5) is 28.9. The van der Waals surface area contributed by atoms with Crippen molar-refractivity contribution in [1.82, 2.24) is 5.32 Å². The molecule has 2 saturated heterocycles. The molecule has 2 aliphatic rings. The number of hydrogen-bond donors (Lipinski definition) is 1. The average molecular weight is 392 g/mol. The van der Waals surface area contributed by atoms with Crippen molar-refractivity contribution in [1.29, 1.82) is 0 Å². The molecule has 2 aromatic rings. The summed E-state index contributed by atoms with van der Waals surface area (Å²) in [5, 5.41) is 3.08. The Balaban J connectivity index is 1.41. The van der Waals surface area contributed by atoms with Crippen molar-refractivity contribution in [2.45, 2.75) is 45.1 Å². The standard InChI is InChI=1S/C24H29N3O2/c1-18(19-10-12-21(13-11-19)26-14-3-2-4-15-26)25-24(29)20-7-5-8-22(17-20)27-16-6-9-23(27)28/h5,7-8,10-13,17-18H,2-4,6,9,14-16H2,1H3,(H,25,29)/t18-/m1/s1. The predicted molar refractivity (Wildman–Crippen MR) is 116 cm³/mol. The first-order chi connectivity index (χ1) is 14.1. The summed E-state index contributed by atoms with van der Waals surface area (Å²) in [5.41, 5.74) is 3.73. The van der Waals surface area contributed by atoms with Gasteiger partial charge in [-0.15, -0.1) is 0 Å². The second-order valence-electron chi connectivity index (χ2n) is 8.03. The van der Waals surface area contributed by atoms with Crippen molar-refractivity contribution in [3.63, 3.8) is 0 Å². The first-order valence-corrected chi connectivity index (χ1v) is 10.7. The molecule has 1 atom stereocenters. The molecule has 0 spiro atoms. The number of nitrogens with one attached hydrogen (secondary N) is 1. The lowest BCUT2D eigenvalue weighted by Gasteiger charge is -2.29. The third-order valence-electron chi connectivity index (χ3n) is 5.96. The Hall–Kier alpha value is -2.82. The van der Waals surface area contributed by atoms with Crippen molar-refractivity contribution in [3.05, 3.63) is 59.7 Å². The highest BCUT2D eigenvalue weighted by Crippen LogP contribution is 2.24. The Morgan fingerprint density at radius 1 is 0.931 bits per heavy atom. The van der Waals surface area contributed by atoms with Gasteiger partial charge in [0.15, 0.2) is 0 Å². The molecular formula is C24H29N3O2. The number of nitrogens with zero attached hydrogens (tertiary/aromatic N) is 2. The van der Waals surface area contributed by atoms with Gasteiger partial charge in [0.05, 0.1) is 6.04 Å². The molecule has 5 nitrogen and oxygen atoms in total. The van der Waals surface area contributed by atoms with Gasteiger partial charge in [-0.05, 0) is 68.5 Å². The molecule has 152 valence electrons. The van der Waals surface area contributed by atoms with Crippen LogP contribution in [0.3, 0.4) is 0 Å². The fourth-order valence-corrected chi connectivity index (χ4v) is 4.23. The van der Waals surface area contributed by atoms with Crippen LogP contribution in [-0.2, 0) is 4.79 Å². The monoisotopic (exact) mass is 391 g/mol. The van der Waals surface area contributed by atoms with Crippen molar-refractivity contribution < 1.29 is 9.59 Å². The molecule has 5 heteroatoms. The lowest BCUT2D eigenvalue weighted by Crippen LogP contribution is -2.29. The molecule has 2 fully saturated rings. The molecular weight excluding hydrogens is 362 g/mol. The van der Waals surface area contributed by atoms with Gasteiger partial charge < -0.3 is 15.1 Å². The topological polar surface area (TPSA) is 52.7 Å². The Labute approximate surface area is 172 Å². The molecule has 0 unspecified atom stereocenters. The van der Waals surface area contributed by atoms with Crippen molar-refractivity contribution in [2.24, 2.45) is 0 Å². The van der Waals surface area contributed by atoms with E-state index in [1.54, 1.807) is 11.0 Å². The number of benzene rings is 2. The Morgan fingerprint density at radius 3 is 2.38 bits per heavy atom. The molecule has 1 N–H and O–H groups in total. The number of piperidine rings is 1. The van der Waals surface area contributed by atoms with Gasteiger partial charge in [-0.2, -0.15) is 0 Å². The normalized spacial score (nSPS) is 18.0. The third kappa shape index (κ3) is 4.44. The maximum absolute atomic E-state index is 12.8. The van der Waals surface area contributed by atoms with E-state index in [2.05, 4.69) is 34.5 Å². The summed E-state index contributed by atoms with van der Waals surface area (Å²) in [6.45, 7) is 4.98. The Kier molecular flexibility index (Phi) is 5.84. The van der Waals surface area contributed by atoms with E-state index in [1.165, 1.54) is 24.9 Å². The number of carbonyl (C=O) groups excluding carboxylic acids is 2. The molecule has 0 aliphatic carbocycles. The zero-order valence-corrected chi connectivity index (χ0v) is 17.1. The van der Waals surface area contributed by atoms with Crippen LogP contribution in [0.25, 0.3) is 0 Å². The summed E-state index contributed by atoms with van der Waals surface area (Å²) >= 11 is 0. The molecule has 0 radical (unpaired) electrons. The highest BCUT2D eigenvalue weighted by Gasteiger charge is 2.22. The molecule has 2 aromatic carbocycles. The van der Waals surface area contributed by atoms with Gasteiger partial charge in [-0.3, -0.25) is 9.59 Å². The molecule has 0 bridgehead atoms. The SMILES string of the molecule is C[C@@H](NC(=O)c1cccc(N2CCCC2=O)c1)c1ccc(N2CCCCC2)cc1. The number of hydrogen-bond acceptors (Lipinski definition) is 3. The molecule has 2 aliphatic heterocycles. The van der Waals surface area contributed by atoms with Crippen LogP contribution in [0, 0.1) is 0 Å². The summed E-state index contributed by atoms with van der Waals surface area (Å²) in [5.74, 6) is 0.0100. The quantitative estimate of drug-likeness (QED) is 0.827. The van der Waals surface area contributed by atoms with Gasteiger partial charge in [0, 0.05) is 43.0 Å². The van der Waals surface area contributed by atoms with Gasteiger partial charge in [0.1, 0.15) is 0 Å². The van der Waals surface area contributed by atoms with Crippen LogP contribution < -0.4 is 15.1 Å². The zero-order chi connectivity index (χ0) is 20.2. The minimum Gasteiger partial charge on any atom is -0.372 e. The maximum Gasteiger partial charge on any atom is 0.251 e. The largest absolute Gasteiger partial charge is 0.372 e. The summed E-state index contributed by atoms with van der Waals surface area (Å²) in [7, 11) is 0. The zero-order valence-electron chi connectivity index (χ0n) is 17.1. The van der Waals surface area contributed by atoms with E-state index < -0.39 is 0 Å². The van der Waals surface area contributed by atoms with E-state index in [0.717, 1.165) is 37.3 Å². The second kappa shape index (κ2) is 8.68. The highest BCUT2D eigenvalue weighted by atomic mass is 16.2. The average Bonchev–Trinajstić information content (AvgIpc) is 3.20. The third-order valence-corrected chi connectivity index (χ3v) is 5.96. The molecule has 2 heterocycles. The molecule has 29 heavy (non-hydrogen) atoms. The smallest absolute Gasteiger partial charge is 0.251 e. The van der Waals surface area contributed by atoms with Gasteiger partial charge in [0.2, 0.25) is 5.91 Å². The number of rotatable bonds is 5. The second-order valence-corrected chi connectivity index (χ2v) is 8.03. The van der Waals surface area contributed by atoms with E-state index in [4.69, 9.17) is 0 Å². The fourth-order valence-electron chi connectivity index (χ4n) is 4.23. The van der Waals surface area contributed by atoms with E-state index in [9.17, 15) is 9.59 Å². The van der Waals surface area contributed by atoms with Crippen LogP contribution in [0.1, 0.15) is 61.0 Å². The first kappa shape index (κ1) is 19.5. The predicted octanol–water partition coefficient (Wildman–Crippen LogP) is 4.29. The lowest BCUT2D eigenvalue weighted by atomic mass is 10.1. The Morgan fingerprint density at radius 2 is 1.69 bits per heavy atom. The number of carbonyl (C=O) groups is 2. The van der Waals surface area contributed by atoms with Crippen LogP contribution >= 0.6 is 0 Å². The summed E-state index contributed by atoms with van der Waals surface area (Å²) in [6, 6.07) is 15.8. The van der Waals surface area contributed by atoms with Crippen LogP contribution in [0.2, 0.25) is 0 Å².